The number of hydrogen-bond acceptors (Lipinski definition) is 3. The summed E-state index contributed by atoms with van der Waals surface area (Å²) >= 11 is 0. The first-order valence-electron chi connectivity index (χ1n) is 10.7. The van der Waals surface area contributed by atoms with Crippen LogP contribution in [0.1, 0.15) is 39.0 Å². The Morgan fingerprint density at radius 2 is 1.53 bits per heavy atom. The van der Waals surface area contributed by atoms with E-state index in [2.05, 4.69) is 36.5 Å². The zero-order valence-electron chi connectivity index (χ0n) is 18.8. The van der Waals surface area contributed by atoms with Crippen molar-refractivity contribution >= 4 is 21.6 Å². The average molecular weight is 451 g/mol. The number of benzene rings is 3. The molecule has 0 heterocycles. The predicted octanol–water partition coefficient (Wildman–Crippen LogP) is 4.63. The van der Waals surface area contributed by atoms with Gasteiger partial charge in [0.1, 0.15) is 0 Å². The minimum Gasteiger partial charge on any atom is -0.352 e. The molecule has 6 heteroatoms. The maximum absolute atomic E-state index is 12.4. The van der Waals surface area contributed by atoms with Gasteiger partial charge in [-0.2, -0.15) is 0 Å². The van der Waals surface area contributed by atoms with Crippen LogP contribution in [0.2, 0.25) is 0 Å². The van der Waals surface area contributed by atoms with Crippen molar-refractivity contribution in [3.05, 3.63) is 101 Å². The van der Waals surface area contributed by atoms with Crippen molar-refractivity contribution in [3.8, 4) is 0 Å². The fourth-order valence-corrected chi connectivity index (χ4v) is 4.45. The van der Waals surface area contributed by atoms with E-state index < -0.39 is 10.0 Å². The van der Waals surface area contributed by atoms with Crippen LogP contribution in [-0.2, 0) is 23.0 Å². The van der Waals surface area contributed by atoms with Crippen molar-refractivity contribution < 1.29 is 13.2 Å². The summed E-state index contributed by atoms with van der Waals surface area (Å²) in [6.45, 7) is 4.81. The van der Waals surface area contributed by atoms with Gasteiger partial charge in [0, 0.05) is 12.1 Å². The largest absolute Gasteiger partial charge is 0.352 e. The lowest BCUT2D eigenvalue weighted by atomic mass is 10.1. The predicted molar refractivity (Wildman–Crippen MR) is 130 cm³/mol. The number of aryl methyl sites for hydroxylation is 3. The molecule has 0 saturated carbocycles. The standard InChI is InChI=1S/C26H30N2O3S/c1-20-7-4-9-22(17-20)10-6-16-27-26(29)24-14-12-23(13-15-24)19-28(32(3,30)31)25-11-5-8-21(2)18-25/h4-5,7-9,11-15,17-18H,6,10,16,19H2,1-3H3,(H,27,29). The molecule has 0 spiro atoms. The number of amides is 1. The Balaban J connectivity index is 1.58. The van der Waals surface area contributed by atoms with Crippen LogP contribution < -0.4 is 9.62 Å². The van der Waals surface area contributed by atoms with Crippen LogP contribution in [0.5, 0.6) is 0 Å². The van der Waals surface area contributed by atoms with E-state index in [4.69, 9.17) is 0 Å². The van der Waals surface area contributed by atoms with Gasteiger partial charge in [-0.15, -0.1) is 0 Å². The molecule has 1 N–H and O–H groups in total. The van der Waals surface area contributed by atoms with E-state index in [0.29, 0.717) is 17.8 Å². The van der Waals surface area contributed by atoms with Gasteiger partial charge in [0.05, 0.1) is 18.5 Å². The molecule has 0 atom stereocenters. The molecule has 3 aromatic rings. The Morgan fingerprint density at radius 1 is 0.875 bits per heavy atom. The second kappa shape index (κ2) is 10.5. The van der Waals surface area contributed by atoms with Gasteiger partial charge >= 0.3 is 0 Å². The zero-order chi connectivity index (χ0) is 23.1. The van der Waals surface area contributed by atoms with E-state index in [0.717, 1.165) is 24.0 Å². The highest BCUT2D eigenvalue weighted by molar-refractivity contribution is 7.92. The lowest BCUT2D eigenvalue weighted by Gasteiger charge is -2.23. The molecule has 0 unspecified atom stereocenters. The van der Waals surface area contributed by atoms with Gasteiger partial charge in [-0.25, -0.2) is 8.42 Å². The highest BCUT2D eigenvalue weighted by atomic mass is 32.2. The van der Waals surface area contributed by atoms with Crippen LogP contribution in [0.4, 0.5) is 5.69 Å². The number of hydrogen-bond donors (Lipinski definition) is 1. The topological polar surface area (TPSA) is 66.5 Å². The Bertz CT molecular complexity index is 1170. The fourth-order valence-electron chi connectivity index (χ4n) is 3.57. The summed E-state index contributed by atoms with van der Waals surface area (Å²) in [7, 11) is -3.45. The van der Waals surface area contributed by atoms with Gasteiger partial charge in [-0.1, -0.05) is 54.1 Å². The summed E-state index contributed by atoms with van der Waals surface area (Å²) in [4.78, 5) is 12.4. The summed E-state index contributed by atoms with van der Waals surface area (Å²) in [6, 6.07) is 22.9. The Hall–Kier alpha value is -3.12. The molecule has 0 radical (unpaired) electrons. The molecular weight excluding hydrogens is 420 g/mol. The van der Waals surface area contributed by atoms with Crippen molar-refractivity contribution in [1.29, 1.82) is 0 Å². The van der Waals surface area contributed by atoms with Crippen molar-refractivity contribution in [2.45, 2.75) is 33.2 Å². The van der Waals surface area contributed by atoms with E-state index in [1.807, 2.05) is 25.1 Å². The third-order valence-corrected chi connectivity index (χ3v) is 6.38. The van der Waals surface area contributed by atoms with Gasteiger partial charge < -0.3 is 5.32 Å². The summed E-state index contributed by atoms with van der Waals surface area (Å²) in [5, 5.41) is 2.96. The molecule has 0 bridgehead atoms. The van der Waals surface area contributed by atoms with E-state index in [-0.39, 0.29) is 12.5 Å². The molecule has 0 aliphatic heterocycles. The molecule has 0 aliphatic rings. The number of carbonyl (C=O) groups is 1. The molecule has 3 rings (SSSR count). The van der Waals surface area contributed by atoms with Gasteiger partial charge in [0.15, 0.2) is 0 Å². The summed E-state index contributed by atoms with van der Waals surface area (Å²) in [5.74, 6) is -0.126. The fraction of sp³-hybridized carbons (Fsp3) is 0.269. The van der Waals surface area contributed by atoms with Crippen molar-refractivity contribution in [2.24, 2.45) is 0 Å². The minimum absolute atomic E-state index is 0.126. The molecule has 0 fully saturated rings. The van der Waals surface area contributed by atoms with Gasteiger partial charge in [0.25, 0.3) is 5.91 Å². The SMILES string of the molecule is Cc1cccc(CCCNC(=O)c2ccc(CN(c3cccc(C)c3)S(C)(=O)=O)cc2)c1. The van der Waals surface area contributed by atoms with Crippen LogP contribution in [0, 0.1) is 13.8 Å². The minimum atomic E-state index is -3.45. The van der Waals surface area contributed by atoms with Crippen LogP contribution in [0.25, 0.3) is 0 Å². The van der Waals surface area contributed by atoms with Crippen LogP contribution in [0.15, 0.2) is 72.8 Å². The lowest BCUT2D eigenvalue weighted by molar-refractivity contribution is 0.0953. The normalized spacial score (nSPS) is 11.2. The molecular formula is C26H30N2O3S. The molecule has 32 heavy (non-hydrogen) atoms. The highest BCUT2D eigenvalue weighted by Crippen LogP contribution is 2.22. The molecule has 0 aromatic heterocycles. The summed E-state index contributed by atoms with van der Waals surface area (Å²) < 4.78 is 26.1. The first kappa shape index (κ1) is 23.5. The van der Waals surface area contributed by atoms with Gasteiger partial charge in [-0.05, 0) is 67.6 Å². The molecule has 0 aliphatic carbocycles. The summed E-state index contributed by atoms with van der Waals surface area (Å²) in [5.41, 5.74) is 5.50. The number of nitrogens with one attached hydrogen (secondary N) is 1. The smallest absolute Gasteiger partial charge is 0.251 e. The second-order valence-corrected chi connectivity index (χ2v) is 10.1. The van der Waals surface area contributed by atoms with Crippen molar-refractivity contribution in [2.75, 3.05) is 17.1 Å². The zero-order valence-corrected chi connectivity index (χ0v) is 19.7. The molecule has 168 valence electrons. The first-order chi connectivity index (χ1) is 15.2. The Morgan fingerprint density at radius 3 is 2.16 bits per heavy atom. The molecule has 5 nitrogen and oxygen atoms in total. The number of sulfonamides is 1. The number of rotatable bonds is 9. The Labute approximate surface area is 191 Å². The van der Waals surface area contributed by atoms with Gasteiger partial charge in [-0.3, -0.25) is 9.10 Å². The van der Waals surface area contributed by atoms with E-state index in [1.54, 1.807) is 30.3 Å². The maximum Gasteiger partial charge on any atom is 0.251 e. The molecule has 0 saturated heterocycles. The van der Waals surface area contributed by atoms with E-state index >= 15 is 0 Å². The van der Waals surface area contributed by atoms with E-state index in [9.17, 15) is 13.2 Å². The number of nitrogens with zero attached hydrogens (tertiary/aromatic N) is 1. The summed E-state index contributed by atoms with van der Waals surface area (Å²) in [6.07, 6.45) is 2.99. The first-order valence-corrected chi connectivity index (χ1v) is 12.5. The van der Waals surface area contributed by atoms with Crippen molar-refractivity contribution in [3.63, 3.8) is 0 Å². The van der Waals surface area contributed by atoms with Gasteiger partial charge in [0.2, 0.25) is 10.0 Å². The average Bonchev–Trinajstić information content (AvgIpc) is 2.74. The third-order valence-electron chi connectivity index (χ3n) is 5.24. The van der Waals surface area contributed by atoms with Crippen LogP contribution in [0.3, 0.4) is 0 Å². The lowest BCUT2D eigenvalue weighted by Crippen LogP contribution is -2.29. The quantitative estimate of drug-likeness (QED) is 0.483. The Kier molecular flexibility index (Phi) is 7.70. The highest BCUT2D eigenvalue weighted by Gasteiger charge is 2.18. The monoisotopic (exact) mass is 450 g/mol. The molecule has 3 aromatic carbocycles. The number of anilines is 1. The number of carbonyl (C=O) groups excluding carboxylic acids is 1. The maximum atomic E-state index is 12.4. The van der Waals surface area contributed by atoms with Crippen LogP contribution in [-0.4, -0.2) is 27.1 Å². The second-order valence-electron chi connectivity index (χ2n) is 8.15. The molecule has 1 amide bonds. The van der Waals surface area contributed by atoms with E-state index in [1.165, 1.54) is 21.7 Å². The van der Waals surface area contributed by atoms with Crippen LogP contribution >= 0.6 is 0 Å². The van der Waals surface area contributed by atoms with Crippen molar-refractivity contribution in [1.82, 2.24) is 5.32 Å². The third kappa shape index (κ3) is 6.69.